The number of nitrogens with zero attached hydrogens (tertiary/aromatic N) is 2. The number of aryl methyl sites for hydroxylation is 2. The van der Waals surface area contributed by atoms with E-state index in [2.05, 4.69) is 53.0 Å². The Morgan fingerprint density at radius 2 is 1.67 bits per heavy atom. The molecule has 0 atom stereocenters. The van der Waals surface area contributed by atoms with Crippen LogP contribution in [0.5, 0.6) is 0 Å². The molecule has 2 rings (SSSR count). The van der Waals surface area contributed by atoms with E-state index in [9.17, 15) is 4.79 Å². The summed E-state index contributed by atoms with van der Waals surface area (Å²) in [5.74, 6) is 0.704. The minimum atomic E-state index is -0.0466. The highest BCUT2D eigenvalue weighted by Gasteiger charge is 2.06. The van der Waals surface area contributed by atoms with Gasteiger partial charge in [0.1, 0.15) is 0 Å². The molecule has 0 aliphatic carbocycles. The van der Waals surface area contributed by atoms with E-state index in [1.165, 1.54) is 16.7 Å². The van der Waals surface area contributed by atoms with Gasteiger partial charge in [0.05, 0.1) is 0 Å². The Hall–Kier alpha value is -2.86. The van der Waals surface area contributed by atoms with Gasteiger partial charge in [-0.25, -0.2) is 0 Å². The predicted molar refractivity (Wildman–Crippen MR) is 125 cm³/mol. The van der Waals surface area contributed by atoms with Crippen molar-refractivity contribution in [1.29, 1.82) is 0 Å². The Morgan fingerprint density at radius 1 is 0.933 bits per heavy atom. The van der Waals surface area contributed by atoms with Gasteiger partial charge in [0.15, 0.2) is 5.96 Å². The van der Waals surface area contributed by atoms with Crippen molar-refractivity contribution in [3.05, 3.63) is 70.3 Å². The maximum absolute atomic E-state index is 12.3. The molecule has 0 saturated heterocycles. The first-order chi connectivity index (χ1) is 14.4. The molecule has 6 heteroatoms. The molecule has 0 radical (unpaired) electrons. The van der Waals surface area contributed by atoms with E-state index in [0.717, 1.165) is 31.0 Å². The number of hydrogen-bond donors (Lipinski definition) is 3. The minimum Gasteiger partial charge on any atom is -0.356 e. The summed E-state index contributed by atoms with van der Waals surface area (Å²) >= 11 is 0. The van der Waals surface area contributed by atoms with Crippen molar-refractivity contribution >= 4 is 11.9 Å². The van der Waals surface area contributed by atoms with Gasteiger partial charge in [-0.1, -0.05) is 41.5 Å². The first kappa shape index (κ1) is 23.4. The lowest BCUT2D eigenvalue weighted by atomic mass is 10.1. The van der Waals surface area contributed by atoms with Gasteiger partial charge < -0.3 is 20.9 Å². The van der Waals surface area contributed by atoms with Crippen molar-refractivity contribution in [1.82, 2.24) is 20.9 Å². The third-order valence-electron chi connectivity index (χ3n) is 4.70. The van der Waals surface area contributed by atoms with Crippen molar-refractivity contribution in [2.45, 2.75) is 26.8 Å². The SMILES string of the molecule is CN=C(NCCc1cc(C)cc(C)c1)NCc1cccc(C(=O)NCCN(C)C)c1. The summed E-state index contributed by atoms with van der Waals surface area (Å²) in [7, 11) is 5.74. The summed E-state index contributed by atoms with van der Waals surface area (Å²) in [4.78, 5) is 18.6. The first-order valence-electron chi connectivity index (χ1n) is 10.4. The number of benzene rings is 2. The Bertz CT molecular complexity index is 840. The van der Waals surface area contributed by atoms with Crippen molar-refractivity contribution in [3.8, 4) is 0 Å². The fraction of sp³-hybridized carbons (Fsp3) is 0.417. The third-order valence-corrected chi connectivity index (χ3v) is 4.70. The largest absolute Gasteiger partial charge is 0.356 e. The van der Waals surface area contributed by atoms with Crippen LogP contribution in [0.1, 0.15) is 32.6 Å². The summed E-state index contributed by atoms with van der Waals surface area (Å²) < 4.78 is 0. The summed E-state index contributed by atoms with van der Waals surface area (Å²) in [6.45, 7) is 7.10. The number of guanidine groups is 1. The van der Waals surface area contributed by atoms with Gasteiger partial charge in [-0.2, -0.15) is 0 Å². The fourth-order valence-corrected chi connectivity index (χ4v) is 3.26. The summed E-state index contributed by atoms with van der Waals surface area (Å²) in [6.07, 6.45) is 0.936. The number of nitrogens with one attached hydrogen (secondary N) is 3. The predicted octanol–water partition coefficient (Wildman–Crippen LogP) is 2.50. The van der Waals surface area contributed by atoms with E-state index in [0.29, 0.717) is 18.7 Å². The lowest BCUT2D eigenvalue weighted by Crippen LogP contribution is -2.38. The van der Waals surface area contributed by atoms with Crippen LogP contribution >= 0.6 is 0 Å². The Kier molecular flexibility index (Phi) is 9.35. The monoisotopic (exact) mass is 409 g/mol. The van der Waals surface area contributed by atoms with Gasteiger partial charge >= 0.3 is 0 Å². The van der Waals surface area contributed by atoms with Crippen molar-refractivity contribution in [2.75, 3.05) is 40.8 Å². The normalized spacial score (nSPS) is 11.5. The number of carbonyl (C=O) groups excluding carboxylic acids is 1. The molecule has 2 aromatic rings. The number of carbonyl (C=O) groups is 1. The van der Waals surface area contributed by atoms with E-state index >= 15 is 0 Å². The molecule has 6 nitrogen and oxygen atoms in total. The van der Waals surface area contributed by atoms with Crippen molar-refractivity contribution < 1.29 is 4.79 Å². The standard InChI is InChI=1S/C24H35N5O/c1-18-13-19(2)15-20(14-18)9-10-27-24(25-3)28-17-21-7-6-8-22(16-21)23(30)26-11-12-29(4)5/h6-8,13-16H,9-12,17H2,1-5H3,(H,26,30)(H2,25,27,28). The molecular formula is C24H35N5O. The van der Waals surface area contributed by atoms with Crippen molar-refractivity contribution in [3.63, 3.8) is 0 Å². The molecule has 3 N–H and O–H groups in total. The van der Waals surface area contributed by atoms with Gasteiger partial charge in [0.2, 0.25) is 0 Å². The summed E-state index contributed by atoms with van der Waals surface area (Å²) in [5, 5.41) is 9.63. The fourth-order valence-electron chi connectivity index (χ4n) is 3.26. The van der Waals surface area contributed by atoms with Crippen LogP contribution in [-0.4, -0.2) is 57.5 Å². The van der Waals surface area contributed by atoms with Gasteiger partial charge in [0.25, 0.3) is 5.91 Å². The molecule has 2 aromatic carbocycles. The molecule has 0 spiro atoms. The number of aliphatic imine (C=N–C) groups is 1. The third kappa shape index (κ3) is 8.25. The molecule has 0 fully saturated rings. The highest BCUT2D eigenvalue weighted by molar-refractivity contribution is 5.94. The van der Waals surface area contributed by atoms with Crippen LogP contribution in [0.4, 0.5) is 0 Å². The number of rotatable bonds is 9. The highest BCUT2D eigenvalue weighted by Crippen LogP contribution is 2.09. The Balaban J connectivity index is 1.82. The summed E-state index contributed by atoms with van der Waals surface area (Å²) in [5.41, 5.74) is 5.61. The molecule has 0 aliphatic heterocycles. The second kappa shape index (κ2) is 12.0. The van der Waals surface area contributed by atoms with Gasteiger partial charge in [-0.3, -0.25) is 9.79 Å². The highest BCUT2D eigenvalue weighted by atomic mass is 16.1. The molecule has 0 aromatic heterocycles. The van der Waals surface area contributed by atoms with Gasteiger partial charge in [-0.05, 0) is 57.6 Å². The van der Waals surface area contributed by atoms with Crippen LogP contribution < -0.4 is 16.0 Å². The van der Waals surface area contributed by atoms with Crippen LogP contribution in [0, 0.1) is 13.8 Å². The number of hydrogen-bond acceptors (Lipinski definition) is 3. The van der Waals surface area contributed by atoms with E-state index in [1.807, 2.05) is 43.3 Å². The maximum Gasteiger partial charge on any atom is 0.251 e. The molecule has 0 saturated carbocycles. The van der Waals surface area contributed by atoms with E-state index in [1.54, 1.807) is 7.05 Å². The number of likely N-dealkylation sites (N-methyl/N-ethyl adjacent to an activating group) is 1. The summed E-state index contributed by atoms with van der Waals surface area (Å²) in [6, 6.07) is 14.3. The van der Waals surface area contributed by atoms with E-state index in [4.69, 9.17) is 0 Å². The maximum atomic E-state index is 12.3. The average Bonchev–Trinajstić information content (AvgIpc) is 2.69. The molecule has 30 heavy (non-hydrogen) atoms. The van der Waals surface area contributed by atoms with Gasteiger partial charge in [0, 0.05) is 38.8 Å². The second-order valence-corrected chi connectivity index (χ2v) is 7.86. The minimum absolute atomic E-state index is 0.0466. The smallest absolute Gasteiger partial charge is 0.251 e. The van der Waals surface area contributed by atoms with Crippen LogP contribution in [-0.2, 0) is 13.0 Å². The first-order valence-corrected chi connectivity index (χ1v) is 10.4. The van der Waals surface area contributed by atoms with Gasteiger partial charge in [-0.15, -0.1) is 0 Å². The molecular weight excluding hydrogens is 374 g/mol. The zero-order valence-corrected chi connectivity index (χ0v) is 18.9. The van der Waals surface area contributed by atoms with Crippen LogP contribution in [0.2, 0.25) is 0 Å². The Labute approximate surface area is 180 Å². The van der Waals surface area contributed by atoms with Crippen LogP contribution in [0.15, 0.2) is 47.5 Å². The topological polar surface area (TPSA) is 68.8 Å². The number of amides is 1. The van der Waals surface area contributed by atoms with Crippen LogP contribution in [0.25, 0.3) is 0 Å². The second-order valence-electron chi connectivity index (χ2n) is 7.86. The molecule has 162 valence electrons. The molecule has 0 unspecified atom stereocenters. The average molecular weight is 410 g/mol. The lowest BCUT2D eigenvalue weighted by Gasteiger charge is -2.13. The van der Waals surface area contributed by atoms with Crippen LogP contribution in [0.3, 0.4) is 0 Å². The molecule has 0 heterocycles. The van der Waals surface area contributed by atoms with E-state index in [-0.39, 0.29) is 5.91 Å². The molecule has 0 aliphatic rings. The van der Waals surface area contributed by atoms with Crippen molar-refractivity contribution in [2.24, 2.45) is 4.99 Å². The van der Waals surface area contributed by atoms with E-state index < -0.39 is 0 Å². The Morgan fingerprint density at radius 3 is 2.33 bits per heavy atom. The zero-order valence-electron chi connectivity index (χ0n) is 18.9. The molecule has 1 amide bonds. The lowest BCUT2D eigenvalue weighted by molar-refractivity contribution is 0.0951. The molecule has 0 bridgehead atoms. The quantitative estimate of drug-likeness (QED) is 0.440. The zero-order chi connectivity index (χ0) is 21.9.